The molecule has 1 N–H and O–H groups in total. The van der Waals surface area contributed by atoms with E-state index < -0.39 is 0 Å². The Morgan fingerprint density at radius 3 is 2.94 bits per heavy atom. The predicted molar refractivity (Wildman–Crippen MR) is 65.2 cm³/mol. The van der Waals surface area contributed by atoms with Crippen molar-refractivity contribution in [3.63, 3.8) is 0 Å². The molecule has 6 heteroatoms. The first-order chi connectivity index (χ1) is 8.20. The highest BCUT2D eigenvalue weighted by atomic mass is 79.9. The van der Waals surface area contributed by atoms with Crippen molar-refractivity contribution in [1.29, 1.82) is 0 Å². The summed E-state index contributed by atoms with van der Waals surface area (Å²) in [6, 6.07) is 5.07. The number of ether oxygens (including phenoxy) is 1. The van der Waals surface area contributed by atoms with Gasteiger partial charge in [-0.2, -0.15) is 0 Å². The fourth-order valence-electron chi connectivity index (χ4n) is 1.28. The van der Waals surface area contributed by atoms with Crippen molar-refractivity contribution in [1.82, 2.24) is 5.16 Å². The number of nitrogens with one attached hydrogen (secondary N) is 1. The number of anilines is 1. The molecule has 0 fully saturated rings. The van der Waals surface area contributed by atoms with Gasteiger partial charge in [-0.25, -0.2) is 0 Å². The molecular weight excluding hydrogens is 288 g/mol. The molecule has 17 heavy (non-hydrogen) atoms. The quantitative estimate of drug-likeness (QED) is 0.946. The molecule has 1 amide bonds. The standard InChI is InChI=1S/C11H9BrN2O3/c1-16-10-3-2-7(4-9(10)12)11(15)14-8-5-13-17-6-8/h2-6H,1H3,(H,14,15). The summed E-state index contributed by atoms with van der Waals surface area (Å²) in [6.07, 6.45) is 2.78. The van der Waals surface area contributed by atoms with Crippen LogP contribution >= 0.6 is 15.9 Å². The molecule has 5 nitrogen and oxygen atoms in total. The van der Waals surface area contributed by atoms with Crippen LogP contribution in [0.2, 0.25) is 0 Å². The Morgan fingerprint density at radius 2 is 2.35 bits per heavy atom. The highest BCUT2D eigenvalue weighted by Gasteiger charge is 2.09. The zero-order chi connectivity index (χ0) is 12.3. The lowest BCUT2D eigenvalue weighted by Crippen LogP contribution is -2.11. The van der Waals surface area contributed by atoms with E-state index in [9.17, 15) is 4.79 Å². The van der Waals surface area contributed by atoms with Gasteiger partial charge in [0.2, 0.25) is 0 Å². The molecule has 1 heterocycles. The van der Waals surface area contributed by atoms with Crippen LogP contribution in [0.3, 0.4) is 0 Å². The number of nitrogens with zero attached hydrogens (tertiary/aromatic N) is 1. The van der Waals surface area contributed by atoms with Crippen LogP contribution in [0.5, 0.6) is 5.75 Å². The second kappa shape index (κ2) is 5.01. The van der Waals surface area contributed by atoms with E-state index >= 15 is 0 Å². The molecule has 1 aromatic heterocycles. The van der Waals surface area contributed by atoms with E-state index in [4.69, 9.17) is 4.74 Å². The molecule has 2 rings (SSSR count). The number of benzene rings is 1. The van der Waals surface area contributed by atoms with E-state index in [-0.39, 0.29) is 5.91 Å². The molecule has 88 valence electrons. The first kappa shape index (κ1) is 11.7. The molecule has 0 unspecified atom stereocenters. The van der Waals surface area contributed by atoms with Gasteiger partial charge in [-0.15, -0.1) is 0 Å². The summed E-state index contributed by atoms with van der Waals surface area (Å²) in [5, 5.41) is 6.14. The second-order valence-corrected chi connectivity index (χ2v) is 4.07. The number of carbonyl (C=O) groups excluding carboxylic acids is 1. The van der Waals surface area contributed by atoms with Gasteiger partial charge in [0.25, 0.3) is 5.91 Å². The minimum absolute atomic E-state index is 0.239. The Morgan fingerprint density at radius 1 is 1.53 bits per heavy atom. The van der Waals surface area contributed by atoms with E-state index in [2.05, 4.69) is 30.9 Å². The first-order valence-electron chi connectivity index (χ1n) is 4.75. The lowest BCUT2D eigenvalue weighted by atomic mass is 10.2. The van der Waals surface area contributed by atoms with Crippen LogP contribution in [0, 0.1) is 0 Å². The molecular formula is C11H9BrN2O3. The van der Waals surface area contributed by atoms with Gasteiger partial charge in [0.1, 0.15) is 17.7 Å². The lowest BCUT2D eigenvalue weighted by Gasteiger charge is -2.06. The molecule has 0 aliphatic carbocycles. The molecule has 0 radical (unpaired) electrons. The Balaban J connectivity index is 2.17. The fourth-order valence-corrected chi connectivity index (χ4v) is 1.82. The molecule has 0 saturated heterocycles. The van der Waals surface area contributed by atoms with Crippen LogP contribution in [-0.2, 0) is 0 Å². The average Bonchev–Trinajstić information content (AvgIpc) is 2.81. The second-order valence-electron chi connectivity index (χ2n) is 3.22. The van der Waals surface area contributed by atoms with Crippen molar-refractivity contribution in [3.05, 3.63) is 40.7 Å². The van der Waals surface area contributed by atoms with Crippen molar-refractivity contribution >= 4 is 27.5 Å². The largest absolute Gasteiger partial charge is 0.496 e. The number of halogens is 1. The zero-order valence-corrected chi connectivity index (χ0v) is 10.5. The van der Waals surface area contributed by atoms with E-state index in [1.807, 2.05) is 0 Å². The van der Waals surface area contributed by atoms with Gasteiger partial charge in [0.15, 0.2) is 0 Å². The summed E-state index contributed by atoms with van der Waals surface area (Å²) < 4.78 is 10.4. The molecule has 2 aromatic rings. The van der Waals surface area contributed by atoms with Gasteiger partial charge in [0, 0.05) is 5.56 Å². The topological polar surface area (TPSA) is 64.4 Å². The van der Waals surface area contributed by atoms with E-state index in [1.54, 1.807) is 25.3 Å². The predicted octanol–water partition coefficient (Wildman–Crippen LogP) is 2.70. The number of carbonyl (C=O) groups is 1. The normalized spacial score (nSPS) is 10.0. The molecule has 1 aromatic carbocycles. The summed E-state index contributed by atoms with van der Waals surface area (Å²) in [7, 11) is 1.57. The van der Waals surface area contributed by atoms with E-state index in [1.165, 1.54) is 12.5 Å². The summed E-state index contributed by atoms with van der Waals surface area (Å²) in [5.74, 6) is 0.433. The van der Waals surface area contributed by atoms with Crippen LogP contribution in [0.1, 0.15) is 10.4 Å². The summed E-state index contributed by atoms with van der Waals surface area (Å²) in [5.41, 5.74) is 1.03. The Hall–Kier alpha value is -1.82. The van der Waals surface area contributed by atoms with Crippen LogP contribution < -0.4 is 10.1 Å². The Kier molecular flexibility index (Phi) is 3.43. The third-order valence-electron chi connectivity index (χ3n) is 2.10. The molecule has 0 bridgehead atoms. The maximum atomic E-state index is 11.8. The van der Waals surface area contributed by atoms with Gasteiger partial charge >= 0.3 is 0 Å². The number of hydrogen-bond acceptors (Lipinski definition) is 4. The van der Waals surface area contributed by atoms with Crippen LogP contribution in [-0.4, -0.2) is 18.2 Å². The number of hydrogen-bond donors (Lipinski definition) is 1. The van der Waals surface area contributed by atoms with Gasteiger partial charge < -0.3 is 14.6 Å². The lowest BCUT2D eigenvalue weighted by molar-refractivity contribution is 0.102. The smallest absolute Gasteiger partial charge is 0.255 e. The Bertz CT molecular complexity index is 526. The zero-order valence-electron chi connectivity index (χ0n) is 8.94. The number of amides is 1. The molecule has 0 saturated carbocycles. The number of aromatic nitrogens is 1. The summed E-state index contributed by atoms with van der Waals surface area (Å²) in [6.45, 7) is 0. The summed E-state index contributed by atoms with van der Waals surface area (Å²) >= 11 is 3.32. The van der Waals surface area contributed by atoms with Crippen LogP contribution in [0.4, 0.5) is 5.69 Å². The van der Waals surface area contributed by atoms with Crippen molar-refractivity contribution in [2.45, 2.75) is 0 Å². The minimum Gasteiger partial charge on any atom is -0.496 e. The monoisotopic (exact) mass is 296 g/mol. The maximum absolute atomic E-state index is 11.8. The molecule has 0 atom stereocenters. The van der Waals surface area contributed by atoms with E-state index in [0.29, 0.717) is 17.0 Å². The maximum Gasteiger partial charge on any atom is 0.255 e. The third-order valence-corrected chi connectivity index (χ3v) is 2.72. The van der Waals surface area contributed by atoms with Gasteiger partial charge in [-0.1, -0.05) is 5.16 Å². The van der Waals surface area contributed by atoms with E-state index in [0.717, 1.165) is 4.47 Å². The van der Waals surface area contributed by atoms with Crippen molar-refractivity contribution < 1.29 is 14.1 Å². The highest BCUT2D eigenvalue weighted by Crippen LogP contribution is 2.25. The SMILES string of the molecule is COc1ccc(C(=O)Nc2cnoc2)cc1Br. The first-order valence-corrected chi connectivity index (χ1v) is 5.54. The van der Waals surface area contributed by atoms with Crippen molar-refractivity contribution in [2.24, 2.45) is 0 Å². The molecule has 0 spiro atoms. The minimum atomic E-state index is -0.239. The number of rotatable bonds is 3. The fraction of sp³-hybridized carbons (Fsp3) is 0.0909. The van der Waals surface area contributed by atoms with Crippen LogP contribution in [0.15, 0.2) is 39.7 Å². The van der Waals surface area contributed by atoms with Gasteiger partial charge in [-0.05, 0) is 34.1 Å². The number of methoxy groups -OCH3 is 1. The van der Waals surface area contributed by atoms with Gasteiger partial charge in [-0.3, -0.25) is 4.79 Å². The molecule has 0 aliphatic rings. The third kappa shape index (κ3) is 2.65. The van der Waals surface area contributed by atoms with Crippen molar-refractivity contribution in [2.75, 3.05) is 12.4 Å². The Labute approximate surface area is 106 Å². The van der Waals surface area contributed by atoms with Gasteiger partial charge in [0.05, 0.1) is 17.8 Å². The van der Waals surface area contributed by atoms with Crippen molar-refractivity contribution in [3.8, 4) is 5.75 Å². The summed E-state index contributed by atoms with van der Waals surface area (Å²) in [4.78, 5) is 11.8. The molecule has 0 aliphatic heterocycles. The van der Waals surface area contributed by atoms with Crippen LogP contribution in [0.25, 0.3) is 0 Å². The highest BCUT2D eigenvalue weighted by molar-refractivity contribution is 9.10. The average molecular weight is 297 g/mol.